The van der Waals surface area contributed by atoms with Crippen LogP contribution < -0.4 is 4.72 Å². The van der Waals surface area contributed by atoms with Gasteiger partial charge in [-0.1, -0.05) is 22.0 Å². The first-order chi connectivity index (χ1) is 14.8. The molecule has 1 aliphatic rings. The third-order valence-corrected chi connectivity index (χ3v) is 7.00. The van der Waals surface area contributed by atoms with Crippen LogP contribution in [-0.2, 0) is 14.8 Å². The van der Waals surface area contributed by atoms with Crippen LogP contribution in [0.1, 0.15) is 24.2 Å². The van der Waals surface area contributed by atoms with Gasteiger partial charge in [-0.2, -0.15) is 0 Å². The minimum atomic E-state index is -4.04. The number of fused-ring (bicyclic) bond motifs is 1. The van der Waals surface area contributed by atoms with Crippen molar-refractivity contribution in [2.75, 3.05) is 17.9 Å². The first kappa shape index (κ1) is 21.7. The fourth-order valence-corrected chi connectivity index (χ4v) is 5.31. The van der Waals surface area contributed by atoms with E-state index in [9.17, 15) is 13.2 Å². The van der Waals surface area contributed by atoms with Crippen molar-refractivity contribution in [3.8, 4) is 0 Å². The summed E-state index contributed by atoms with van der Waals surface area (Å²) in [6.45, 7) is 4.68. The smallest absolute Gasteiger partial charge is 0.264 e. The second-order valence-electron chi connectivity index (χ2n) is 7.42. The standard InChI is InChI=1S/C21H21BrN4O4S/c1-13-11-30-12-14(2)26(13)21(27)16-7-6-15(22)10-18(16)25-31(28,29)19-5-3-4-17-20(19)24-9-8-23-17/h3-10,13-14,25H,11-12H2,1-2H3. The number of ether oxygens (including phenoxy) is 1. The molecule has 1 aromatic heterocycles. The third kappa shape index (κ3) is 4.28. The Labute approximate surface area is 188 Å². The van der Waals surface area contributed by atoms with Gasteiger partial charge >= 0.3 is 0 Å². The molecule has 1 saturated heterocycles. The number of rotatable bonds is 4. The second-order valence-corrected chi connectivity index (χ2v) is 9.99. The van der Waals surface area contributed by atoms with Crippen molar-refractivity contribution in [1.82, 2.24) is 14.9 Å². The van der Waals surface area contributed by atoms with Crippen molar-refractivity contribution in [2.45, 2.75) is 30.8 Å². The van der Waals surface area contributed by atoms with E-state index >= 15 is 0 Å². The summed E-state index contributed by atoms with van der Waals surface area (Å²) in [5, 5.41) is 0. The molecular formula is C21H21BrN4O4S. The molecule has 0 saturated carbocycles. The Balaban J connectivity index is 1.75. The lowest BCUT2D eigenvalue weighted by molar-refractivity contribution is -0.0249. The van der Waals surface area contributed by atoms with Gasteiger partial charge in [0.15, 0.2) is 0 Å². The van der Waals surface area contributed by atoms with Crippen molar-refractivity contribution in [3.05, 3.63) is 58.8 Å². The summed E-state index contributed by atoms with van der Waals surface area (Å²) in [6.07, 6.45) is 2.94. The number of nitrogens with zero attached hydrogens (tertiary/aromatic N) is 3. The van der Waals surface area contributed by atoms with Gasteiger partial charge in [0.05, 0.1) is 42.1 Å². The topological polar surface area (TPSA) is 101 Å². The molecule has 0 radical (unpaired) electrons. The number of carbonyl (C=O) groups is 1. The summed E-state index contributed by atoms with van der Waals surface area (Å²) in [5.74, 6) is -0.258. The van der Waals surface area contributed by atoms with Crippen LogP contribution in [0.25, 0.3) is 11.0 Å². The van der Waals surface area contributed by atoms with Crippen LogP contribution >= 0.6 is 15.9 Å². The highest BCUT2D eigenvalue weighted by Gasteiger charge is 2.32. The van der Waals surface area contributed by atoms with Gasteiger partial charge in [0.25, 0.3) is 15.9 Å². The zero-order chi connectivity index (χ0) is 22.2. The number of anilines is 1. The second kappa shape index (κ2) is 8.52. The van der Waals surface area contributed by atoms with E-state index in [0.29, 0.717) is 23.2 Å². The van der Waals surface area contributed by atoms with Gasteiger partial charge in [0.2, 0.25) is 0 Å². The summed E-state index contributed by atoms with van der Waals surface area (Å²) in [5.41, 5.74) is 1.17. The molecule has 4 rings (SSSR count). The third-order valence-electron chi connectivity index (χ3n) is 5.11. The van der Waals surface area contributed by atoms with E-state index in [1.165, 1.54) is 18.5 Å². The molecule has 2 atom stereocenters. The molecule has 2 aromatic carbocycles. The Morgan fingerprint density at radius 1 is 1.13 bits per heavy atom. The van der Waals surface area contributed by atoms with Gasteiger partial charge in [0.1, 0.15) is 10.4 Å². The molecule has 1 amide bonds. The fraction of sp³-hybridized carbons (Fsp3) is 0.286. The molecule has 2 unspecified atom stereocenters. The number of sulfonamides is 1. The lowest BCUT2D eigenvalue weighted by atomic mass is 10.1. The van der Waals surface area contributed by atoms with E-state index in [4.69, 9.17) is 4.74 Å². The molecule has 8 nitrogen and oxygen atoms in total. The molecule has 2 heterocycles. The van der Waals surface area contributed by atoms with Gasteiger partial charge < -0.3 is 9.64 Å². The molecule has 31 heavy (non-hydrogen) atoms. The summed E-state index contributed by atoms with van der Waals surface area (Å²) in [4.78, 5) is 23.4. The lowest BCUT2D eigenvalue weighted by Crippen LogP contribution is -2.52. The summed E-state index contributed by atoms with van der Waals surface area (Å²) < 4.78 is 35.3. The number of hydrogen-bond donors (Lipinski definition) is 1. The van der Waals surface area contributed by atoms with Crippen molar-refractivity contribution in [3.63, 3.8) is 0 Å². The van der Waals surface area contributed by atoms with Crippen molar-refractivity contribution in [2.24, 2.45) is 0 Å². The quantitative estimate of drug-likeness (QED) is 0.583. The van der Waals surface area contributed by atoms with E-state index in [2.05, 4.69) is 30.6 Å². The average Bonchev–Trinajstić information content (AvgIpc) is 2.73. The number of nitrogens with one attached hydrogen (secondary N) is 1. The first-order valence-corrected chi connectivity index (χ1v) is 12.0. The molecule has 0 aliphatic carbocycles. The minimum Gasteiger partial charge on any atom is -0.377 e. The maximum atomic E-state index is 13.4. The first-order valence-electron chi connectivity index (χ1n) is 9.70. The maximum Gasteiger partial charge on any atom is 0.264 e. The predicted octanol–water partition coefficient (Wildman–Crippen LogP) is 3.44. The van der Waals surface area contributed by atoms with Gasteiger partial charge in [-0.05, 0) is 44.2 Å². The zero-order valence-electron chi connectivity index (χ0n) is 16.9. The Bertz CT molecular complexity index is 1240. The fourth-order valence-electron chi connectivity index (χ4n) is 3.71. The van der Waals surface area contributed by atoms with E-state index in [1.807, 2.05) is 13.8 Å². The normalized spacial score (nSPS) is 19.4. The Kier molecular flexibility index (Phi) is 5.96. The van der Waals surface area contributed by atoms with Crippen LogP contribution in [0.15, 0.2) is 58.2 Å². The van der Waals surface area contributed by atoms with E-state index in [-0.39, 0.29) is 39.7 Å². The summed E-state index contributed by atoms with van der Waals surface area (Å²) in [6, 6.07) is 9.41. The maximum absolute atomic E-state index is 13.4. The van der Waals surface area contributed by atoms with Gasteiger partial charge in [-0.25, -0.2) is 8.42 Å². The highest BCUT2D eigenvalue weighted by atomic mass is 79.9. The molecule has 10 heteroatoms. The number of para-hydroxylation sites is 1. The number of hydrogen-bond acceptors (Lipinski definition) is 6. The van der Waals surface area contributed by atoms with Crippen LogP contribution in [0, 0.1) is 0 Å². The molecule has 0 spiro atoms. The highest BCUT2D eigenvalue weighted by molar-refractivity contribution is 9.10. The van der Waals surface area contributed by atoms with Crippen LogP contribution in [0.4, 0.5) is 5.69 Å². The van der Waals surface area contributed by atoms with Gasteiger partial charge in [-0.3, -0.25) is 19.5 Å². The zero-order valence-corrected chi connectivity index (χ0v) is 19.4. The number of aromatic nitrogens is 2. The molecule has 162 valence electrons. The van der Waals surface area contributed by atoms with E-state index < -0.39 is 10.0 Å². The number of amides is 1. The lowest BCUT2D eigenvalue weighted by Gasteiger charge is -2.39. The van der Waals surface area contributed by atoms with Crippen LogP contribution in [0.2, 0.25) is 0 Å². The van der Waals surface area contributed by atoms with Crippen LogP contribution in [-0.4, -0.2) is 54.5 Å². The molecule has 1 fully saturated rings. The van der Waals surface area contributed by atoms with Gasteiger partial charge in [-0.15, -0.1) is 0 Å². The van der Waals surface area contributed by atoms with Crippen molar-refractivity contribution < 1.29 is 17.9 Å². The van der Waals surface area contributed by atoms with Crippen molar-refractivity contribution in [1.29, 1.82) is 0 Å². The summed E-state index contributed by atoms with van der Waals surface area (Å²) >= 11 is 3.37. The molecule has 3 aromatic rings. The number of morpholine rings is 1. The Morgan fingerprint density at radius 3 is 2.58 bits per heavy atom. The minimum absolute atomic E-state index is 0.00965. The average molecular weight is 505 g/mol. The number of carbonyl (C=O) groups excluding carboxylic acids is 1. The Morgan fingerprint density at radius 2 is 1.84 bits per heavy atom. The number of halogens is 1. The van der Waals surface area contributed by atoms with Crippen LogP contribution in [0.3, 0.4) is 0 Å². The van der Waals surface area contributed by atoms with Crippen LogP contribution in [0.5, 0.6) is 0 Å². The molecular weight excluding hydrogens is 484 g/mol. The van der Waals surface area contributed by atoms with Crippen molar-refractivity contribution >= 4 is 48.6 Å². The Hall–Kier alpha value is -2.56. The largest absolute Gasteiger partial charge is 0.377 e. The summed E-state index contributed by atoms with van der Waals surface area (Å²) in [7, 11) is -4.04. The monoisotopic (exact) mass is 504 g/mol. The van der Waals surface area contributed by atoms with Gasteiger partial charge in [0, 0.05) is 16.9 Å². The van der Waals surface area contributed by atoms with E-state index in [0.717, 1.165) is 0 Å². The molecule has 1 aliphatic heterocycles. The molecule has 1 N–H and O–H groups in total. The van der Waals surface area contributed by atoms with E-state index in [1.54, 1.807) is 35.2 Å². The number of benzene rings is 2. The predicted molar refractivity (Wildman–Crippen MR) is 120 cm³/mol. The highest BCUT2D eigenvalue weighted by Crippen LogP contribution is 2.29. The SMILES string of the molecule is CC1COCC(C)N1C(=O)c1ccc(Br)cc1NS(=O)(=O)c1cccc2nccnc12. The molecule has 0 bridgehead atoms.